The van der Waals surface area contributed by atoms with Crippen molar-refractivity contribution < 1.29 is 0 Å². The maximum atomic E-state index is 6.30. The molecular formula is C17H28N2. The van der Waals surface area contributed by atoms with Crippen molar-refractivity contribution in [2.45, 2.75) is 39.7 Å². The van der Waals surface area contributed by atoms with Crippen LogP contribution in [0.4, 0.5) is 0 Å². The molecule has 19 heavy (non-hydrogen) atoms. The van der Waals surface area contributed by atoms with Crippen molar-refractivity contribution in [3.8, 4) is 0 Å². The van der Waals surface area contributed by atoms with Gasteiger partial charge in [0.1, 0.15) is 0 Å². The van der Waals surface area contributed by atoms with Crippen LogP contribution in [0, 0.1) is 11.3 Å². The van der Waals surface area contributed by atoms with Crippen molar-refractivity contribution >= 4 is 0 Å². The summed E-state index contributed by atoms with van der Waals surface area (Å²) in [7, 11) is 0. The summed E-state index contributed by atoms with van der Waals surface area (Å²) in [5.41, 5.74) is 8.01. The van der Waals surface area contributed by atoms with Crippen LogP contribution in [0.15, 0.2) is 30.3 Å². The highest BCUT2D eigenvalue weighted by atomic mass is 15.1. The van der Waals surface area contributed by atoms with Gasteiger partial charge >= 0.3 is 0 Å². The van der Waals surface area contributed by atoms with Gasteiger partial charge in [-0.05, 0) is 42.8 Å². The zero-order valence-corrected chi connectivity index (χ0v) is 12.6. The molecule has 1 fully saturated rings. The quantitative estimate of drug-likeness (QED) is 0.902. The molecule has 1 aliphatic heterocycles. The van der Waals surface area contributed by atoms with E-state index in [1.807, 2.05) is 6.07 Å². The average Bonchev–Trinajstić information content (AvgIpc) is 2.39. The van der Waals surface area contributed by atoms with E-state index in [1.165, 1.54) is 31.5 Å². The van der Waals surface area contributed by atoms with Crippen molar-refractivity contribution in [2.24, 2.45) is 17.1 Å². The van der Waals surface area contributed by atoms with E-state index in [1.54, 1.807) is 0 Å². The molecule has 0 spiro atoms. The first-order valence-electron chi connectivity index (χ1n) is 7.49. The summed E-state index contributed by atoms with van der Waals surface area (Å²) in [5.74, 6) is 0.858. The molecule has 1 aromatic carbocycles. The number of benzene rings is 1. The molecule has 0 radical (unpaired) electrons. The fraction of sp³-hybridized carbons (Fsp3) is 0.647. The Balaban J connectivity index is 1.83. The van der Waals surface area contributed by atoms with Gasteiger partial charge in [0.2, 0.25) is 0 Å². The van der Waals surface area contributed by atoms with Gasteiger partial charge in [-0.2, -0.15) is 0 Å². The van der Waals surface area contributed by atoms with Gasteiger partial charge in [-0.25, -0.2) is 0 Å². The third kappa shape index (κ3) is 4.05. The van der Waals surface area contributed by atoms with Gasteiger partial charge in [0.05, 0.1) is 0 Å². The number of likely N-dealkylation sites (tertiary alicyclic amines) is 1. The molecule has 2 nitrogen and oxygen atoms in total. The maximum Gasteiger partial charge on any atom is 0.0424 e. The topological polar surface area (TPSA) is 29.3 Å². The molecule has 2 heteroatoms. The van der Waals surface area contributed by atoms with Crippen LogP contribution in [0.1, 0.15) is 45.2 Å². The van der Waals surface area contributed by atoms with Crippen molar-refractivity contribution in [3.05, 3.63) is 35.9 Å². The summed E-state index contributed by atoms with van der Waals surface area (Å²) >= 11 is 0. The van der Waals surface area contributed by atoms with Crippen LogP contribution >= 0.6 is 0 Å². The fourth-order valence-corrected chi connectivity index (χ4v) is 3.07. The van der Waals surface area contributed by atoms with E-state index in [0.717, 1.165) is 12.5 Å². The lowest BCUT2D eigenvalue weighted by molar-refractivity contribution is 0.108. The van der Waals surface area contributed by atoms with Crippen LogP contribution in [-0.2, 0) is 0 Å². The molecule has 1 saturated heterocycles. The molecule has 0 bridgehead atoms. The summed E-state index contributed by atoms with van der Waals surface area (Å²) < 4.78 is 0. The van der Waals surface area contributed by atoms with E-state index in [-0.39, 0.29) is 6.04 Å². The van der Waals surface area contributed by atoms with Gasteiger partial charge in [0, 0.05) is 12.6 Å². The van der Waals surface area contributed by atoms with Crippen molar-refractivity contribution in [3.63, 3.8) is 0 Å². The van der Waals surface area contributed by atoms with Crippen LogP contribution in [-0.4, -0.2) is 24.5 Å². The first kappa shape index (κ1) is 14.5. The van der Waals surface area contributed by atoms with Gasteiger partial charge in [0.25, 0.3) is 0 Å². The largest absolute Gasteiger partial charge is 0.323 e. The van der Waals surface area contributed by atoms with Crippen LogP contribution < -0.4 is 5.73 Å². The van der Waals surface area contributed by atoms with E-state index in [0.29, 0.717) is 5.41 Å². The van der Waals surface area contributed by atoms with Crippen molar-refractivity contribution in [2.75, 3.05) is 19.6 Å². The second kappa shape index (κ2) is 6.06. The fourth-order valence-electron chi connectivity index (χ4n) is 3.07. The zero-order chi connectivity index (χ0) is 13.9. The Morgan fingerprint density at radius 2 is 1.74 bits per heavy atom. The minimum atomic E-state index is 0.146. The number of hydrogen-bond acceptors (Lipinski definition) is 2. The van der Waals surface area contributed by atoms with E-state index >= 15 is 0 Å². The molecule has 0 aliphatic carbocycles. The van der Waals surface area contributed by atoms with Gasteiger partial charge in [-0.3, -0.25) is 0 Å². The lowest BCUT2D eigenvalue weighted by Crippen LogP contribution is -2.41. The van der Waals surface area contributed by atoms with Gasteiger partial charge in [-0.1, -0.05) is 51.1 Å². The molecular weight excluding hydrogens is 232 g/mol. The van der Waals surface area contributed by atoms with Gasteiger partial charge < -0.3 is 10.6 Å². The lowest BCUT2D eigenvalue weighted by atomic mass is 9.75. The van der Waals surface area contributed by atoms with Crippen LogP contribution in [0.2, 0.25) is 0 Å². The van der Waals surface area contributed by atoms with Crippen molar-refractivity contribution in [1.29, 1.82) is 0 Å². The molecule has 106 valence electrons. The first-order chi connectivity index (χ1) is 8.97. The molecule has 2 N–H and O–H groups in total. The Hall–Kier alpha value is -0.860. The Morgan fingerprint density at radius 3 is 2.26 bits per heavy atom. The molecule has 1 atom stereocenters. The maximum absolute atomic E-state index is 6.30. The van der Waals surface area contributed by atoms with E-state index < -0.39 is 0 Å². The Morgan fingerprint density at radius 1 is 1.16 bits per heavy atom. The Bertz CT molecular complexity index is 372. The predicted molar refractivity (Wildman–Crippen MR) is 82.0 cm³/mol. The molecule has 1 heterocycles. The smallest absolute Gasteiger partial charge is 0.0424 e. The molecule has 1 aromatic rings. The van der Waals surface area contributed by atoms with E-state index in [4.69, 9.17) is 5.73 Å². The third-order valence-corrected chi connectivity index (χ3v) is 4.49. The van der Waals surface area contributed by atoms with E-state index in [2.05, 4.69) is 49.9 Å². The number of nitrogens with two attached hydrogens (primary N) is 1. The van der Waals surface area contributed by atoms with Crippen molar-refractivity contribution in [1.82, 2.24) is 4.90 Å². The minimum absolute atomic E-state index is 0.146. The number of nitrogens with zero attached hydrogens (tertiary/aromatic N) is 1. The number of hydrogen-bond donors (Lipinski definition) is 1. The Kier molecular flexibility index (Phi) is 4.64. The molecule has 1 unspecified atom stereocenters. The third-order valence-electron chi connectivity index (χ3n) is 4.49. The minimum Gasteiger partial charge on any atom is -0.323 e. The highest BCUT2D eigenvalue weighted by Gasteiger charge is 2.29. The predicted octanol–water partition coefficient (Wildman–Crippen LogP) is 3.44. The average molecular weight is 260 g/mol. The standard InChI is InChI=1S/C17H28N2/c1-17(2,3)15-9-11-19(12-10-15)13-16(18)14-7-5-4-6-8-14/h4-8,15-16H,9-13,18H2,1-3H3. The van der Waals surface area contributed by atoms with Crippen LogP contribution in [0.25, 0.3) is 0 Å². The van der Waals surface area contributed by atoms with Gasteiger partial charge in [0.15, 0.2) is 0 Å². The monoisotopic (exact) mass is 260 g/mol. The first-order valence-corrected chi connectivity index (χ1v) is 7.49. The van der Waals surface area contributed by atoms with Crippen LogP contribution in [0.3, 0.4) is 0 Å². The molecule has 1 aliphatic rings. The number of rotatable bonds is 3. The molecule has 0 saturated carbocycles. The summed E-state index contributed by atoms with van der Waals surface area (Å²) in [6.45, 7) is 10.5. The summed E-state index contributed by atoms with van der Waals surface area (Å²) in [6.07, 6.45) is 2.62. The second-order valence-electron chi connectivity index (χ2n) is 6.96. The van der Waals surface area contributed by atoms with E-state index in [9.17, 15) is 0 Å². The summed E-state index contributed by atoms with van der Waals surface area (Å²) in [6, 6.07) is 10.6. The SMILES string of the molecule is CC(C)(C)C1CCN(CC(N)c2ccccc2)CC1. The highest BCUT2D eigenvalue weighted by molar-refractivity contribution is 5.18. The molecule has 0 aromatic heterocycles. The Labute approximate surface area is 118 Å². The van der Waals surface area contributed by atoms with Crippen LogP contribution in [0.5, 0.6) is 0 Å². The summed E-state index contributed by atoms with van der Waals surface area (Å²) in [4.78, 5) is 2.53. The second-order valence-corrected chi connectivity index (χ2v) is 6.96. The zero-order valence-electron chi connectivity index (χ0n) is 12.6. The lowest BCUT2D eigenvalue weighted by Gasteiger charge is -2.39. The normalized spacial score (nSPS) is 20.4. The molecule has 2 rings (SSSR count). The molecule has 0 amide bonds. The number of piperidine rings is 1. The summed E-state index contributed by atoms with van der Waals surface area (Å²) in [5, 5.41) is 0. The van der Waals surface area contributed by atoms with Gasteiger partial charge in [-0.15, -0.1) is 0 Å². The highest BCUT2D eigenvalue weighted by Crippen LogP contribution is 2.34.